The molecule has 0 aliphatic heterocycles. The van der Waals surface area contributed by atoms with E-state index in [-0.39, 0.29) is 29.2 Å². The summed E-state index contributed by atoms with van der Waals surface area (Å²) in [6.07, 6.45) is 5.07. The van der Waals surface area contributed by atoms with Gasteiger partial charge in [0.1, 0.15) is 5.75 Å². The lowest BCUT2D eigenvalue weighted by Gasteiger charge is -2.10. The summed E-state index contributed by atoms with van der Waals surface area (Å²) in [6, 6.07) is 2.39. The molecular weight excluding hydrogens is 238 g/mol. The number of rotatable bonds is 5. The molecule has 0 heterocycles. The first kappa shape index (κ1) is 13.3. The van der Waals surface area contributed by atoms with Crippen LogP contribution in [0.4, 0.5) is 11.4 Å². The van der Waals surface area contributed by atoms with Crippen LogP contribution < -0.4 is 15.8 Å². The van der Waals surface area contributed by atoms with E-state index < -0.39 is 10.8 Å². The molecule has 1 rings (SSSR count). The summed E-state index contributed by atoms with van der Waals surface area (Å²) < 4.78 is 4.98. The van der Waals surface area contributed by atoms with Crippen molar-refractivity contribution in [2.45, 2.75) is 0 Å². The summed E-state index contributed by atoms with van der Waals surface area (Å²) in [5.41, 5.74) is 4.87. The van der Waals surface area contributed by atoms with Gasteiger partial charge in [-0.15, -0.1) is 6.42 Å². The summed E-state index contributed by atoms with van der Waals surface area (Å²) in [5.74, 6) is 1.64. The molecule has 0 radical (unpaired) electrons. The van der Waals surface area contributed by atoms with Gasteiger partial charge in [-0.05, 0) is 6.07 Å². The molecule has 0 aliphatic rings. The zero-order valence-electron chi connectivity index (χ0n) is 9.60. The van der Waals surface area contributed by atoms with Gasteiger partial charge in [0, 0.05) is 11.6 Å². The summed E-state index contributed by atoms with van der Waals surface area (Å²) in [5, 5.41) is 13.6. The van der Waals surface area contributed by atoms with Crippen LogP contribution in [0, 0.1) is 22.5 Å². The highest BCUT2D eigenvalue weighted by Gasteiger charge is 2.21. The molecule has 0 saturated carbocycles. The van der Waals surface area contributed by atoms with Gasteiger partial charge in [0.25, 0.3) is 5.69 Å². The predicted molar refractivity (Wildman–Crippen MR) is 65.5 cm³/mol. The average Bonchev–Trinajstić information content (AvgIpc) is 2.34. The molecule has 1 aromatic carbocycles. The maximum Gasteiger partial charge on any atom is 0.296 e. The monoisotopic (exact) mass is 249 g/mol. The molecule has 0 aliphatic carbocycles. The second-order valence-electron chi connectivity index (χ2n) is 3.25. The zero-order chi connectivity index (χ0) is 13.7. The van der Waals surface area contributed by atoms with E-state index in [2.05, 4.69) is 11.2 Å². The van der Waals surface area contributed by atoms with Crippen LogP contribution in [-0.2, 0) is 0 Å². The maximum absolute atomic E-state index is 11.1. The molecule has 0 bridgehead atoms. The van der Waals surface area contributed by atoms with Gasteiger partial charge in [0.2, 0.25) is 5.91 Å². The van der Waals surface area contributed by atoms with Crippen LogP contribution in [0.5, 0.6) is 5.75 Å². The Morgan fingerprint density at radius 2 is 2.33 bits per heavy atom. The quantitative estimate of drug-likeness (QED) is 0.454. The number of hydrogen-bond donors (Lipinski definition) is 2. The third kappa shape index (κ3) is 2.68. The number of methoxy groups -OCH3 is 1. The number of benzene rings is 1. The van der Waals surface area contributed by atoms with Crippen molar-refractivity contribution in [3.63, 3.8) is 0 Å². The normalized spacial score (nSPS) is 9.33. The number of nitrogens with two attached hydrogens (primary N) is 1. The Morgan fingerprint density at radius 3 is 2.78 bits per heavy atom. The SMILES string of the molecule is C#CCNc1c(OC)cc(C(N)=O)cc1[N+](=O)[O-]. The first-order chi connectivity index (χ1) is 8.51. The molecule has 7 nitrogen and oxygen atoms in total. The molecule has 0 saturated heterocycles. The lowest BCUT2D eigenvalue weighted by molar-refractivity contribution is -0.384. The van der Waals surface area contributed by atoms with Crippen molar-refractivity contribution in [1.82, 2.24) is 0 Å². The Bertz CT molecular complexity index is 534. The molecule has 0 unspecified atom stereocenters. The minimum absolute atomic E-state index is 0.00944. The highest BCUT2D eigenvalue weighted by atomic mass is 16.6. The summed E-state index contributed by atoms with van der Waals surface area (Å²) in [4.78, 5) is 21.3. The molecule has 3 N–H and O–H groups in total. The molecule has 0 spiro atoms. The number of primary amides is 1. The van der Waals surface area contributed by atoms with Crippen LogP contribution in [0.25, 0.3) is 0 Å². The summed E-state index contributed by atoms with van der Waals surface area (Å²) in [6.45, 7) is 0.0904. The summed E-state index contributed by atoms with van der Waals surface area (Å²) >= 11 is 0. The van der Waals surface area contributed by atoms with Crippen LogP contribution in [-0.4, -0.2) is 24.5 Å². The number of nitro benzene ring substituents is 1. The van der Waals surface area contributed by atoms with Crippen LogP contribution in [0.2, 0.25) is 0 Å². The molecule has 0 fully saturated rings. The molecule has 0 aromatic heterocycles. The highest BCUT2D eigenvalue weighted by Crippen LogP contribution is 2.35. The Balaban J connectivity index is 3.41. The van der Waals surface area contributed by atoms with Gasteiger partial charge in [-0.1, -0.05) is 5.92 Å². The van der Waals surface area contributed by atoms with Gasteiger partial charge in [0.15, 0.2) is 5.69 Å². The second kappa shape index (κ2) is 5.54. The smallest absolute Gasteiger partial charge is 0.296 e. The van der Waals surface area contributed by atoms with Crippen LogP contribution >= 0.6 is 0 Å². The molecule has 1 amide bonds. The Kier molecular flexibility index (Phi) is 4.10. The third-order valence-corrected chi connectivity index (χ3v) is 2.15. The van der Waals surface area contributed by atoms with Crippen LogP contribution in [0.1, 0.15) is 10.4 Å². The van der Waals surface area contributed by atoms with Crippen molar-refractivity contribution in [2.75, 3.05) is 19.0 Å². The van der Waals surface area contributed by atoms with E-state index in [1.54, 1.807) is 0 Å². The van der Waals surface area contributed by atoms with Gasteiger partial charge in [0.05, 0.1) is 18.6 Å². The number of nitro groups is 1. The average molecular weight is 249 g/mol. The standard InChI is InChI=1S/C11H11N3O4/c1-3-4-13-10-8(14(16)17)5-7(11(12)15)6-9(10)18-2/h1,5-6,13H,4H2,2H3,(H2,12,15). The fourth-order valence-electron chi connectivity index (χ4n) is 1.37. The third-order valence-electron chi connectivity index (χ3n) is 2.15. The molecule has 0 atom stereocenters. The van der Waals surface area contributed by atoms with Crippen molar-refractivity contribution in [3.05, 3.63) is 27.8 Å². The minimum Gasteiger partial charge on any atom is -0.494 e. The number of terminal acetylenes is 1. The topological polar surface area (TPSA) is 107 Å². The van der Waals surface area contributed by atoms with Crippen molar-refractivity contribution in [3.8, 4) is 18.1 Å². The summed E-state index contributed by atoms with van der Waals surface area (Å²) in [7, 11) is 1.32. The first-order valence-electron chi connectivity index (χ1n) is 4.84. The van der Waals surface area contributed by atoms with Crippen molar-refractivity contribution in [2.24, 2.45) is 5.73 Å². The molecule has 7 heteroatoms. The number of anilines is 1. The van der Waals surface area contributed by atoms with E-state index in [0.717, 1.165) is 6.07 Å². The largest absolute Gasteiger partial charge is 0.494 e. The number of ether oxygens (including phenoxy) is 1. The van der Waals surface area contributed by atoms with Crippen LogP contribution in [0.15, 0.2) is 12.1 Å². The molecule has 18 heavy (non-hydrogen) atoms. The lowest BCUT2D eigenvalue weighted by atomic mass is 10.1. The van der Waals surface area contributed by atoms with Gasteiger partial charge in [-0.2, -0.15) is 0 Å². The Morgan fingerprint density at radius 1 is 1.67 bits per heavy atom. The Labute approximate surface area is 103 Å². The number of nitrogens with zero attached hydrogens (tertiary/aromatic N) is 1. The Hall–Kier alpha value is -2.75. The van der Waals surface area contributed by atoms with Gasteiger partial charge in [-0.25, -0.2) is 0 Å². The van der Waals surface area contributed by atoms with Crippen molar-refractivity contribution >= 4 is 17.3 Å². The van der Waals surface area contributed by atoms with Crippen molar-refractivity contribution in [1.29, 1.82) is 0 Å². The van der Waals surface area contributed by atoms with E-state index in [9.17, 15) is 14.9 Å². The number of amides is 1. The maximum atomic E-state index is 11.1. The fourth-order valence-corrected chi connectivity index (χ4v) is 1.37. The molecule has 94 valence electrons. The number of carbonyl (C=O) groups excluding carboxylic acids is 1. The van der Waals surface area contributed by atoms with E-state index in [1.807, 2.05) is 0 Å². The first-order valence-corrected chi connectivity index (χ1v) is 4.84. The van der Waals surface area contributed by atoms with Crippen molar-refractivity contribution < 1.29 is 14.5 Å². The lowest BCUT2D eigenvalue weighted by Crippen LogP contribution is -2.13. The predicted octanol–water partition coefficient (Wildman–Crippen LogP) is 0.747. The van der Waals surface area contributed by atoms with E-state index in [0.29, 0.717) is 0 Å². The number of carbonyl (C=O) groups is 1. The van der Waals surface area contributed by atoms with Crippen LogP contribution in [0.3, 0.4) is 0 Å². The van der Waals surface area contributed by atoms with Gasteiger partial charge >= 0.3 is 0 Å². The van der Waals surface area contributed by atoms with E-state index in [4.69, 9.17) is 16.9 Å². The van der Waals surface area contributed by atoms with Gasteiger partial charge < -0.3 is 15.8 Å². The molecular formula is C11H11N3O4. The van der Waals surface area contributed by atoms with E-state index in [1.165, 1.54) is 13.2 Å². The van der Waals surface area contributed by atoms with Gasteiger partial charge in [-0.3, -0.25) is 14.9 Å². The fraction of sp³-hybridized carbons (Fsp3) is 0.182. The second-order valence-corrected chi connectivity index (χ2v) is 3.25. The molecule has 1 aromatic rings. The number of hydrogen-bond acceptors (Lipinski definition) is 5. The zero-order valence-corrected chi connectivity index (χ0v) is 9.60. The number of nitrogens with one attached hydrogen (secondary N) is 1. The minimum atomic E-state index is -0.778. The van der Waals surface area contributed by atoms with E-state index >= 15 is 0 Å². The highest BCUT2D eigenvalue weighted by molar-refractivity contribution is 5.95.